The van der Waals surface area contributed by atoms with Crippen molar-refractivity contribution in [3.8, 4) is 0 Å². The van der Waals surface area contributed by atoms with Crippen LogP contribution in [0.3, 0.4) is 0 Å². The van der Waals surface area contributed by atoms with Gasteiger partial charge in [-0.2, -0.15) is 0 Å². The number of nitrogens with zero attached hydrogens (tertiary/aromatic N) is 4. The van der Waals surface area contributed by atoms with E-state index < -0.39 is 0 Å². The van der Waals surface area contributed by atoms with Gasteiger partial charge >= 0.3 is 0 Å². The zero-order valence-electron chi connectivity index (χ0n) is 11.5. The molecule has 1 aromatic heterocycles. The second-order valence-corrected chi connectivity index (χ2v) is 4.76. The highest BCUT2D eigenvalue weighted by molar-refractivity contribution is 5.30. The molecule has 0 unspecified atom stereocenters. The first kappa shape index (κ1) is 14.2. The second-order valence-electron chi connectivity index (χ2n) is 4.76. The van der Waals surface area contributed by atoms with Crippen molar-refractivity contribution < 1.29 is 5.11 Å². The smallest absolute Gasteiger partial charge is 0.144 e. The molecule has 2 N–H and O–H groups in total. The fourth-order valence-corrected chi connectivity index (χ4v) is 2.25. The summed E-state index contributed by atoms with van der Waals surface area (Å²) in [5.74, 6) is 0.832. The van der Waals surface area contributed by atoms with Crippen LogP contribution in [0.4, 0.5) is 5.82 Å². The third kappa shape index (κ3) is 4.41. The maximum atomic E-state index is 8.91. The largest absolute Gasteiger partial charge is 0.395 e. The molecule has 0 saturated carbocycles. The number of aliphatic hydroxyl groups is 1. The highest BCUT2D eigenvalue weighted by atomic mass is 16.3. The molecular formula is C13H23N5O. The molecule has 0 atom stereocenters. The number of rotatable bonds is 6. The van der Waals surface area contributed by atoms with Gasteiger partial charge in [0.1, 0.15) is 5.82 Å². The fraction of sp³-hybridized carbons (Fsp3) is 0.692. The van der Waals surface area contributed by atoms with E-state index in [2.05, 4.69) is 25.1 Å². The van der Waals surface area contributed by atoms with E-state index in [9.17, 15) is 0 Å². The minimum atomic E-state index is 0.247. The molecule has 0 aromatic carbocycles. The Bertz CT molecular complexity index is 362. The van der Waals surface area contributed by atoms with Gasteiger partial charge in [0.2, 0.25) is 0 Å². The Morgan fingerprint density at radius 1 is 1.16 bits per heavy atom. The lowest BCUT2D eigenvalue weighted by molar-refractivity contribution is 0.107. The second kappa shape index (κ2) is 7.37. The molecule has 1 aliphatic rings. The molecule has 6 heteroatoms. The standard InChI is InChI=1S/C13H23N5O/c1-2-14-13-10-15-12(9-16-13)11-18-5-3-17(4-6-18)7-8-19/h9-10,19H,2-8,11H2,1H3,(H,14,16). The van der Waals surface area contributed by atoms with Gasteiger partial charge in [0, 0.05) is 45.8 Å². The molecule has 2 rings (SSSR count). The van der Waals surface area contributed by atoms with E-state index in [1.54, 1.807) is 6.20 Å². The highest BCUT2D eigenvalue weighted by Gasteiger charge is 2.16. The van der Waals surface area contributed by atoms with Gasteiger partial charge in [-0.05, 0) is 6.92 Å². The number of aliphatic hydroxyl groups excluding tert-OH is 1. The van der Waals surface area contributed by atoms with Crippen LogP contribution in [-0.4, -0.2) is 70.7 Å². The van der Waals surface area contributed by atoms with E-state index in [0.29, 0.717) is 0 Å². The van der Waals surface area contributed by atoms with Crippen molar-refractivity contribution in [2.24, 2.45) is 0 Å². The van der Waals surface area contributed by atoms with E-state index in [1.807, 2.05) is 13.1 Å². The maximum absolute atomic E-state index is 8.91. The molecule has 1 aliphatic heterocycles. The summed E-state index contributed by atoms with van der Waals surface area (Å²) < 4.78 is 0. The van der Waals surface area contributed by atoms with Crippen LogP contribution in [0.2, 0.25) is 0 Å². The summed E-state index contributed by atoms with van der Waals surface area (Å²) in [7, 11) is 0. The number of hydrogen-bond donors (Lipinski definition) is 2. The average Bonchev–Trinajstić information content (AvgIpc) is 2.44. The van der Waals surface area contributed by atoms with Crippen LogP contribution in [0.15, 0.2) is 12.4 Å². The first-order valence-electron chi connectivity index (χ1n) is 6.92. The number of piperazine rings is 1. The number of anilines is 1. The Hall–Kier alpha value is -1.24. The molecular weight excluding hydrogens is 242 g/mol. The quantitative estimate of drug-likeness (QED) is 0.756. The average molecular weight is 265 g/mol. The normalized spacial score (nSPS) is 17.6. The zero-order chi connectivity index (χ0) is 13.5. The van der Waals surface area contributed by atoms with Crippen LogP contribution in [0.1, 0.15) is 12.6 Å². The van der Waals surface area contributed by atoms with E-state index in [-0.39, 0.29) is 6.61 Å². The Labute approximate surface area is 114 Å². The Morgan fingerprint density at radius 2 is 1.89 bits per heavy atom. The molecule has 19 heavy (non-hydrogen) atoms. The lowest BCUT2D eigenvalue weighted by atomic mass is 10.3. The zero-order valence-corrected chi connectivity index (χ0v) is 11.5. The van der Waals surface area contributed by atoms with Crippen molar-refractivity contribution in [3.63, 3.8) is 0 Å². The van der Waals surface area contributed by atoms with Crippen LogP contribution in [0.25, 0.3) is 0 Å². The van der Waals surface area contributed by atoms with E-state index in [0.717, 1.165) is 57.3 Å². The van der Waals surface area contributed by atoms with Gasteiger partial charge in [0.05, 0.1) is 24.7 Å². The molecule has 0 spiro atoms. The predicted molar refractivity (Wildman–Crippen MR) is 75.0 cm³/mol. The number of β-amino-alcohol motifs (C(OH)–C–C–N with tert-alkyl or cyclic N) is 1. The first-order chi connectivity index (χ1) is 9.31. The van der Waals surface area contributed by atoms with Gasteiger partial charge in [0.25, 0.3) is 0 Å². The number of aromatic nitrogens is 2. The van der Waals surface area contributed by atoms with E-state index >= 15 is 0 Å². The topological polar surface area (TPSA) is 64.5 Å². The number of hydrogen-bond acceptors (Lipinski definition) is 6. The molecule has 0 radical (unpaired) electrons. The molecule has 0 aliphatic carbocycles. The monoisotopic (exact) mass is 265 g/mol. The molecule has 0 amide bonds. The molecule has 6 nitrogen and oxygen atoms in total. The summed E-state index contributed by atoms with van der Waals surface area (Å²) in [6.07, 6.45) is 3.64. The van der Waals surface area contributed by atoms with Crippen LogP contribution < -0.4 is 5.32 Å². The van der Waals surface area contributed by atoms with E-state index in [4.69, 9.17) is 5.11 Å². The third-order valence-electron chi connectivity index (χ3n) is 3.33. The van der Waals surface area contributed by atoms with E-state index in [1.165, 1.54) is 0 Å². The predicted octanol–water partition coefficient (Wildman–Crippen LogP) is 0.0183. The Balaban J connectivity index is 1.78. The van der Waals surface area contributed by atoms with Crippen LogP contribution >= 0.6 is 0 Å². The summed E-state index contributed by atoms with van der Waals surface area (Å²) in [6.45, 7) is 8.87. The summed E-state index contributed by atoms with van der Waals surface area (Å²) >= 11 is 0. The SMILES string of the molecule is CCNc1cnc(CN2CCN(CCO)CC2)cn1. The van der Waals surface area contributed by atoms with Gasteiger partial charge in [-0.15, -0.1) is 0 Å². The molecule has 1 aromatic rings. The minimum Gasteiger partial charge on any atom is -0.395 e. The molecule has 1 fully saturated rings. The molecule has 0 bridgehead atoms. The first-order valence-corrected chi connectivity index (χ1v) is 6.92. The molecule has 106 valence electrons. The minimum absolute atomic E-state index is 0.247. The van der Waals surface area contributed by atoms with Crippen LogP contribution in [-0.2, 0) is 6.54 Å². The van der Waals surface area contributed by atoms with Crippen LogP contribution in [0.5, 0.6) is 0 Å². The van der Waals surface area contributed by atoms with Crippen molar-refractivity contribution in [3.05, 3.63) is 18.1 Å². The van der Waals surface area contributed by atoms with Gasteiger partial charge in [-0.3, -0.25) is 14.8 Å². The summed E-state index contributed by atoms with van der Waals surface area (Å²) in [4.78, 5) is 13.4. The Morgan fingerprint density at radius 3 is 2.47 bits per heavy atom. The third-order valence-corrected chi connectivity index (χ3v) is 3.33. The van der Waals surface area contributed by atoms with Crippen molar-refractivity contribution in [1.82, 2.24) is 19.8 Å². The van der Waals surface area contributed by atoms with Gasteiger partial charge in [-0.1, -0.05) is 0 Å². The molecule has 2 heterocycles. The maximum Gasteiger partial charge on any atom is 0.144 e. The summed E-state index contributed by atoms with van der Waals surface area (Å²) in [5.41, 5.74) is 1.01. The van der Waals surface area contributed by atoms with Gasteiger partial charge < -0.3 is 10.4 Å². The van der Waals surface area contributed by atoms with Crippen molar-refractivity contribution >= 4 is 5.82 Å². The lowest BCUT2D eigenvalue weighted by Gasteiger charge is -2.34. The van der Waals surface area contributed by atoms with Gasteiger partial charge in [-0.25, -0.2) is 4.98 Å². The summed E-state index contributed by atoms with van der Waals surface area (Å²) in [6, 6.07) is 0. The van der Waals surface area contributed by atoms with Crippen molar-refractivity contribution in [2.45, 2.75) is 13.5 Å². The number of nitrogens with one attached hydrogen (secondary N) is 1. The van der Waals surface area contributed by atoms with Crippen LogP contribution in [0, 0.1) is 0 Å². The summed E-state index contributed by atoms with van der Waals surface area (Å²) in [5, 5.41) is 12.1. The Kier molecular flexibility index (Phi) is 5.50. The highest BCUT2D eigenvalue weighted by Crippen LogP contribution is 2.07. The fourth-order valence-electron chi connectivity index (χ4n) is 2.25. The van der Waals surface area contributed by atoms with Gasteiger partial charge in [0.15, 0.2) is 0 Å². The molecule has 1 saturated heterocycles. The van der Waals surface area contributed by atoms with Crippen molar-refractivity contribution in [1.29, 1.82) is 0 Å². The lowest BCUT2D eigenvalue weighted by Crippen LogP contribution is -2.46. The van der Waals surface area contributed by atoms with Crippen molar-refractivity contribution in [2.75, 3.05) is 51.2 Å².